The van der Waals surface area contributed by atoms with E-state index in [1.54, 1.807) is 0 Å². The zero-order valence-corrected chi connectivity index (χ0v) is 10.8. The van der Waals surface area contributed by atoms with Gasteiger partial charge in [-0.3, -0.25) is 0 Å². The van der Waals surface area contributed by atoms with Crippen LogP contribution in [0.4, 0.5) is 0 Å². The van der Waals surface area contributed by atoms with Gasteiger partial charge in [-0.05, 0) is 38.8 Å². The first-order valence-corrected chi connectivity index (χ1v) is 5.55. The lowest BCUT2D eigenvalue weighted by Gasteiger charge is -2.22. The molecule has 16 heavy (non-hydrogen) atoms. The van der Waals surface area contributed by atoms with Gasteiger partial charge in [0.1, 0.15) is 12.2 Å². The van der Waals surface area contributed by atoms with E-state index in [1.165, 1.54) is 31.5 Å². The fourth-order valence-electron chi connectivity index (χ4n) is 2.26. The van der Waals surface area contributed by atoms with Crippen molar-refractivity contribution in [1.82, 2.24) is 20.1 Å². The molecule has 0 amide bonds. The summed E-state index contributed by atoms with van der Waals surface area (Å²) in [5.41, 5.74) is 0. The van der Waals surface area contributed by atoms with Crippen LogP contribution >= 0.6 is 24.8 Å². The van der Waals surface area contributed by atoms with Crippen LogP contribution in [-0.2, 0) is 0 Å². The van der Waals surface area contributed by atoms with Gasteiger partial charge in [-0.1, -0.05) is 0 Å². The molecule has 0 radical (unpaired) electrons. The average molecular weight is 265 g/mol. The molecule has 3 rings (SSSR count). The van der Waals surface area contributed by atoms with Crippen LogP contribution in [0.15, 0.2) is 6.33 Å². The molecule has 6 heteroatoms. The van der Waals surface area contributed by atoms with E-state index < -0.39 is 0 Å². The minimum absolute atomic E-state index is 0. The molecule has 0 atom stereocenters. The van der Waals surface area contributed by atoms with Crippen LogP contribution in [0.25, 0.3) is 0 Å². The lowest BCUT2D eigenvalue weighted by molar-refractivity contribution is 0.430. The van der Waals surface area contributed by atoms with Gasteiger partial charge in [0.25, 0.3) is 0 Å². The van der Waals surface area contributed by atoms with Crippen molar-refractivity contribution in [3.8, 4) is 0 Å². The maximum absolute atomic E-state index is 4.29. The van der Waals surface area contributed by atoms with Crippen molar-refractivity contribution in [3.63, 3.8) is 0 Å². The summed E-state index contributed by atoms with van der Waals surface area (Å²) in [6.07, 6.45) is 6.97. The monoisotopic (exact) mass is 264 g/mol. The van der Waals surface area contributed by atoms with E-state index in [1.807, 2.05) is 6.33 Å². The van der Waals surface area contributed by atoms with Crippen LogP contribution in [-0.4, -0.2) is 27.9 Å². The van der Waals surface area contributed by atoms with Crippen LogP contribution in [0.1, 0.15) is 43.5 Å². The van der Waals surface area contributed by atoms with E-state index in [2.05, 4.69) is 20.1 Å². The van der Waals surface area contributed by atoms with Crippen LogP contribution in [0, 0.1) is 0 Å². The third kappa shape index (κ3) is 2.67. The molecule has 1 saturated heterocycles. The van der Waals surface area contributed by atoms with Gasteiger partial charge in [0.2, 0.25) is 0 Å². The second-order valence-corrected chi connectivity index (χ2v) is 4.35. The van der Waals surface area contributed by atoms with Crippen molar-refractivity contribution in [1.29, 1.82) is 0 Å². The fourth-order valence-corrected chi connectivity index (χ4v) is 2.26. The number of aromatic nitrogens is 3. The van der Waals surface area contributed by atoms with Crippen molar-refractivity contribution in [2.75, 3.05) is 13.1 Å². The highest BCUT2D eigenvalue weighted by atomic mass is 35.5. The van der Waals surface area contributed by atoms with E-state index in [-0.39, 0.29) is 24.8 Å². The predicted molar refractivity (Wildman–Crippen MR) is 67.6 cm³/mol. The highest BCUT2D eigenvalue weighted by molar-refractivity contribution is 5.85. The highest BCUT2D eigenvalue weighted by Gasteiger charge is 2.29. The smallest absolute Gasteiger partial charge is 0.136 e. The Kier molecular flexibility index (Phi) is 5.02. The molecule has 0 spiro atoms. The Balaban J connectivity index is 0.000000640. The fraction of sp³-hybridized carbons (Fsp3) is 0.800. The summed E-state index contributed by atoms with van der Waals surface area (Å²) in [5, 5.41) is 11.7. The molecule has 0 bridgehead atoms. The molecule has 92 valence electrons. The van der Waals surface area contributed by atoms with E-state index >= 15 is 0 Å². The summed E-state index contributed by atoms with van der Waals surface area (Å²) >= 11 is 0. The normalized spacial score (nSPS) is 21.0. The first-order valence-electron chi connectivity index (χ1n) is 5.55. The van der Waals surface area contributed by atoms with Gasteiger partial charge in [0.05, 0.1) is 0 Å². The van der Waals surface area contributed by atoms with Crippen molar-refractivity contribution >= 4 is 24.8 Å². The molecule has 2 aliphatic rings. The zero-order valence-electron chi connectivity index (χ0n) is 9.13. The number of nitrogens with one attached hydrogen (secondary N) is 1. The summed E-state index contributed by atoms with van der Waals surface area (Å²) in [4.78, 5) is 0. The summed E-state index contributed by atoms with van der Waals surface area (Å²) in [7, 11) is 0. The largest absolute Gasteiger partial charge is 0.317 e. The molecule has 2 heterocycles. The molecule has 0 aromatic carbocycles. The Morgan fingerprint density at radius 1 is 1.12 bits per heavy atom. The van der Waals surface area contributed by atoms with Crippen molar-refractivity contribution < 1.29 is 0 Å². The maximum Gasteiger partial charge on any atom is 0.136 e. The van der Waals surface area contributed by atoms with E-state index in [0.29, 0.717) is 5.92 Å². The lowest BCUT2D eigenvalue weighted by atomic mass is 9.97. The Labute approximate surface area is 108 Å². The minimum atomic E-state index is 0. The number of halogens is 2. The molecule has 1 saturated carbocycles. The summed E-state index contributed by atoms with van der Waals surface area (Å²) in [6.45, 7) is 2.25. The molecule has 4 nitrogen and oxygen atoms in total. The molecule has 1 N–H and O–H groups in total. The predicted octanol–water partition coefficient (Wildman–Crippen LogP) is 1.92. The Morgan fingerprint density at radius 3 is 2.44 bits per heavy atom. The first-order chi connectivity index (χ1) is 6.95. The van der Waals surface area contributed by atoms with Crippen molar-refractivity contribution in [3.05, 3.63) is 12.2 Å². The molecule has 0 unspecified atom stereocenters. The Morgan fingerprint density at radius 2 is 1.81 bits per heavy atom. The van der Waals surface area contributed by atoms with Gasteiger partial charge in [0, 0.05) is 12.0 Å². The summed E-state index contributed by atoms with van der Waals surface area (Å²) in [5.74, 6) is 1.87. The number of nitrogens with zero attached hydrogens (tertiary/aromatic N) is 3. The van der Waals surface area contributed by atoms with E-state index in [4.69, 9.17) is 0 Å². The van der Waals surface area contributed by atoms with Crippen LogP contribution in [0.2, 0.25) is 0 Å². The van der Waals surface area contributed by atoms with Gasteiger partial charge in [-0.15, -0.1) is 35.0 Å². The van der Waals surface area contributed by atoms with Crippen LogP contribution < -0.4 is 5.32 Å². The summed E-state index contributed by atoms with van der Waals surface area (Å²) in [6, 6.07) is 0.717. The standard InChI is InChI=1S/C10H16N4.2ClH/c1-2-9(1)14-7-12-13-10(14)8-3-5-11-6-4-8;;/h7-9,11H,1-6H2;2*1H. The van der Waals surface area contributed by atoms with Gasteiger partial charge in [-0.25, -0.2) is 0 Å². The first kappa shape index (κ1) is 13.7. The third-order valence-corrected chi connectivity index (χ3v) is 3.25. The van der Waals surface area contributed by atoms with Gasteiger partial charge >= 0.3 is 0 Å². The lowest BCUT2D eigenvalue weighted by Crippen LogP contribution is -2.28. The number of rotatable bonds is 2. The highest BCUT2D eigenvalue weighted by Crippen LogP contribution is 2.37. The van der Waals surface area contributed by atoms with Crippen molar-refractivity contribution in [2.24, 2.45) is 0 Å². The maximum atomic E-state index is 4.29. The minimum Gasteiger partial charge on any atom is -0.317 e. The topological polar surface area (TPSA) is 42.7 Å². The van der Waals surface area contributed by atoms with E-state index in [9.17, 15) is 0 Å². The van der Waals surface area contributed by atoms with Gasteiger partial charge in [0.15, 0.2) is 0 Å². The van der Waals surface area contributed by atoms with E-state index in [0.717, 1.165) is 19.1 Å². The molecular formula is C10H18Cl2N4. The third-order valence-electron chi connectivity index (χ3n) is 3.25. The molecule has 1 aromatic heterocycles. The van der Waals surface area contributed by atoms with Gasteiger partial charge < -0.3 is 9.88 Å². The quantitative estimate of drug-likeness (QED) is 0.888. The molecule has 1 aromatic rings. The zero-order chi connectivity index (χ0) is 9.38. The van der Waals surface area contributed by atoms with Gasteiger partial charge in [-0.2, -0.15) is 0 Å². The molecule has 1 aliphatic heterocycles. The molecular weight excluding hydrogens is 247 g/mol. The van der Waals surface area contributed by atoms with Crippen LogP contribution in [0.5, 0.6) is 0 Å². The second-order valence-electron chi connectivity index (χ2n) is 4.35. The average Bonchev–Trinajstić information content (AvgIpc) is 2.98. The second kappa shape index (κ2) is 5.84. The number of hydrogen-bond acceptors (Lipinski definition) is 3. The SMILES string of the molecule is Cl.Cl.c1nnc(C2CCNCC2)n1C1CC1. The van der Waals surface area contributed by atoms with Crippen LogP contribution in [0.3, 0.4) is 0 Å². The molecule has 1 aliphatic carbocycles. The number of piperidine rings is 1. The Bertz CT molecular complexity index is 318. The number of hydrogen-bond donors (Lipinski definition) is 1. The van der Waals surface area contributed by atoms with Crippen molar-refractivity contribution in [2.45, 2.75) is 37.6 Å². The summed E-state index contributed by atoms with van der Waals surface area (Å²) < 4.78 is 2.30. The molecule has 2 fully saturated rings. The Hall–Kier alpha value is -0.320.